The zero-order chi connectivity index (χ0) is 13.9. The molecule has 1 aromatic rings. The van der Waals surface area contributed by atoms with Crippen molar-refractivity contribution in [3.8, 4) is 0 Å². The molecule has 0 amide bonds. The summed E-state index contributed by atoms with van der Waals surface area (Å²) in [5, 5.41) is 3.54. The Labute approximate surface area is 123 Å². The van der Waals surface area contributed by atoms with Gasteiger partial charge in [0, 0.05) is 56.9 Å². The third-order valence-electron chi connectivity index (χ3n) is 5.04. The van der Waals surface area contributed by atoms with Crippen LogP contribution in [0.2, 0.25) is 0 Å². The zero-order valence-corrected chi connectivity index (χ0v) is 12.8. The highest BCUT2D eigenvalue weighted by atomic mass is 15.3. The fraction of sp³-hybridized carbons (Fsp3) is 0.647. The Morgan fingerprint density at radius 3 is 2.70 bits per heavy atom. The second-order valence-corrected chi connectivity index (χ2v) is 6.26. The SMILES string of the molecule is CCC(C)N1CCN(CC2CNc3ccccc32)CC1. The van der Waals surface area contributed by atoms with Crippen LogP contribution in [0, 0.1) is 0 Å². The van der Waals surface area contributed by atoms with E-state index in [1.165, 1.54) is 50.4 Å². The smallest absolute Gasteiger partial charge is 0.0376 e. The first-order valence-corrected chi connectivity index (χ1v) is 8.07. The number of nitrogens with zero attached hydrogens (tertiary/aromatic N) is 2. The molecular weight excluding hydrogens is 246 g/mol. The maximum atomic E-state index is 3.54. The normalized spacial score (nSPS) is 25.2. The summed E-state index contributed by atoms with van der Waals surface area (Å²) in [6, 6.07) is 9.52. The van der Waals surface area contributed by atoms with Crippen LogP contribution in [0.3, 0.4) is 0 Å². The lowest BCUT2D eigenvalue weighted by molar-refractivity contribution is 0.0976. The number of para-hydroxylation sites is 1. The van der Waals surface area contributed by atoms with Crippen LogP contribution in [-0.4, -0.2) is 55.1 Å². The van der Waals surface area contributed by atoms with Crippen LogP contribution >= 0.6 is 0 Å². The molecule has 2 heterocycles. The molecule has 0 bridgehead atoms. The quantitative estimate of drug-likeness (QED) is 0.910. The van der Waals surface area contributed by atoms with E-state index in [9.17, 15) is 0 Å². The lowest BCUT2D eigenvalue weighted by Crippen LogP contribution is -2.50. The van der Waals surface area contributed by atoms with E-state index >= 15 is 0 Å². The molecule has 20 heavy (non-hydrogen) atoms. The molecule has 0 radical (unpaired) electrons. The molecule has 110 valence electrons. The van der Waals surface area contributed by atoms with E-state index in [4.69, 9.17) is 0 Å². The van der Waals surface area contributed by atoms with Gasteiger partial charge in [-0.1, -0.05) is 25.1 Å². The fourth-order valence-corrected chi connectivity index (χ4v) is 3.48. The summed E-state index contributed by atoms with van der Waals surface area (Å²) in [4.78, 5) is 5.28. The highest BCUT2D eigenvalue weighted by Gasteiger charge is 2.26. The van der Waals surface area contributed by atoms with Gasteiger partial charge in [-0.2, -0.15) is 0 Å². The molecule has 1 saturated heterocycles. The minimum Gasteiger partial charge on any atom is -0.384 e. The standard InChI is InChI=1S/C17H27N3/c1-3-14(2)20-10-8-19(9-11-20)13-15-12-18-17-7-5-4-6-16(15)17/h4-7,14-15,18H,3,8-13H2,1-2H3. The van der Waals surface area contributed by atoms with Crippen LogP contribution in [0.4, 0.5) is 5.69 Å². The van der Waals surface area contributed by atoms with Gasteiger partial charge in [0.1, 0.15) is 0 Å². The Morgan fingerprint density at radius 2 is 1.95 bits per heavy atom. The third-order valence-corrected chi connectivity index (χ3v) is 5.04. The number of piperazine rings is 1. The van der Waals surface area contributed by atoms with Gasteiger partial charge in [0.25, 0.3) is 0 Å². The summed E-state index contributed by atoms with van der Waals surface area (Å²) in [5.74, 6) is 0.668. The molecule has 0 spiro atoms. The number of anilines is 1. The number of rotatable bonds is 4. The van der Waals surface area contributed by atoms with Crippen LogP contribution in [0.5, 0.6) is 0 Å². The lowest BCUT2D eigenvalue weighted by Gasteiger charge is -2.38. The Bertz CT molecular complexity index is 438. The van der Waals surface area contributed by atoms with Crippen molar-refractivity contribution in [3.63, 3.8) is 0 Å². The lowest BCUT2D eigenvalue weighted by atomic mass is 10.0. The van der Waals surface area contributed by atoms with Crippen molar-refractivity contribution in [1.82, 2.24) is 9.80 Å². The summed E-state index contributed by atoms with van der Waals surface area (Å²) in [6.07, 6.45) is 1.26. The molecule has 0 aromatic heterocycles. The molecule has 0 saturated carbocycles. The summed E-state index contributed by atoms with van der Waals surface area (Å²) in [5.41, 5.74) is 2.85. The molecule has 0 aliphatic carbocycles. The van der Waals surface area contributed by atoms with Crippen LogP contribution in [0.1, 0.15) is 31.7 Å². The average molecular weight is 273 g/mol. The number of hydrogen-bond acceptors (Lipinski definition) is 3. The number of hydrogen-bond donors (Lipinski definition) is 1. The molecule has 2 aliphatic rings. The molecule has 2 aliphatic heterocycles. The van der Waals surface area contributed by atoms with E-state index in [2.05, 4.69) is 53.2 Å². The van der Waals surface area contributed by atoms with Crippen molar-refractivity contribution in [2.24, 2.45) is 0 Å². The molecule has 2 unspecified atom stereocenters. The predicted molar refractivity (Wildman–Crippen MR) is 85.4 cm³/mol. The van der Waals surface area contributed by atoms with Crippen molar-refractivity contribution >= 4 is 5.69 Å². The van der Waals surface area contributed by atoms with Gasteiger partial charge in [-0.05, 0) is 25.0 Å². The Balaban J connectivity index is 1.54. The van der Waals surface area contributed by atoms with E-state index in [1.807, 2.05) is 0 Å². The molecule has 3 heteroatoms. The third kappa shape index (κ3) is 2.84. The van der Waals surface area contributed by atoms with Crippen LogP contribution in [0.25, 0.3) is 0 Å². The fourth-order valence-electron chi connectivity index (χ4n) is 3.48. The van der Waals surface area contributed by atoms with E-state index < -0.39 is 0 Å². The maximum absolute atomic E-state index is 3.54. The minimum absolute atomic E-state index is 0.668. The zero-order valence-electron chi connectivity index (χ0n) is 12.8. The molecule has 3 rings (SSSR count). The van der Waals surface area contributed by atoms with Gasteiger partial charge in [0.05, 0.1) is 0 Å². The van der Waals surface area contributed by atoms with Gasteiger partial charge in [-0.25, -0.2) is 0 Å². The predicted octanol–water partition coefficient (Wildman–Crippen LogP) is 2.61. The van der Waals surface area contributed by atoms with Gasteiger partial charge >= 0.3 is 0 Å². The van der Waals surface area contributed by atoms with E-state index in [1.54, 1.807) is 0 Å². The highest BCUT2D eigenvalue weighted by Crippen LogP contribution is 2.31. The number of fused-ring (bicyclic) bond motifs is 1. The summed E-state index contributed by atoms with van der Waals surface area (Å²) in [7, 11) is 0. The van der Waals surface area contributed by atoms with Gasteiger partial charge in [-0.15, -0.1) is 0 Å². The molecular formula is C17H27N3. The summed E-state index contributed by atoms with van der Waals surface area (Å²) in [6.45, 7) is 11.9. The van der Waals surface area contributed by atoms with Crippen molar-refractivity contribution in [1.29, 1.82) is 0 Å². The van der Waals surface area contributed by atoms with Gasteiger partial charge < -0.3 is 10.2 Å². The summed E-state index contributed by atoms with van der Waals surface area (Å²) >= 11 is 0. The Hall–Kier alpha value is -1.06. The van der Waals surface area contributed by atoms with Gasteiger partial charge in [0.2, 0.25) is 0 Å². The van der Waals surface area contributed by atoms with Gasteiger partial charge in [0.15, 0.2) is 0 Å². The topological polar surface area (TPSA) is 18.5 Å². The average Bonchev–Trinajstić information content (AvgIpc) is 2.91. The first-order chi connectivity index (χ1) is 9.78. The second kappa shape index (κ2) is 6.15. The molecule has 1 N–H and O–H groups in total. The van der Waals surface area contributed by atoms with Gasteiger partial charge in [-0.3, -0.25) is 4.90 Å². The molecule has 2 atom stereocenters. The summed E-state index contributed by atoms with van der Waals surface area (Å²) < 4.78 is 0. The largest absolute Gasteiger partial charge is 0.384 e. The van der Waals surface area contributed by atoms with Crippen molar-refractivity contribution < 1.29 is 0 Å². The maximum Gasteiger partial charge on any atom is 0.0376 e. The Kier molecular flexibility index (Phi) is 4.27. The van der Waals surface area contributed by atoms with E-state index in [0.717, 1.165) is 12.6 Å². The van der Waals surface area contributed by atoms with Crippen molar-refractivity contribution in [3.05, 3.63) is 29.8 Å². The highest BCUT2D eigenvalue weighted by molar-refractivity contribution is 5.57. The first-order valence-electron chi connectivity index (χ1n) is 8.07. The van der Waals surface area contributed by atoms with E-state index in [0.29, 0.717) is 5.92 Å². The van der Waals surface area contributed by atoms with Crippen molar-refractivity contribution in [2.75, 3.05) is 44.6 Å². The Morgan fingerprint density at radius 1 is 1.20 bits per heavy atom. The number of benzene rings is 1. The van der Waals surface area contributed by atoms with Crippen LogP contribution < -0.4 is 5.32 Å². The minimum atomic E-state index is 0.668. The van der Waals surface area contributed by atoms with Crippen LogP contribution in [-0.2, 0) is 0 Å². The first kappa shape index (κ1) is 13.9. The monoisotopic (exact) mass is 273 g/mol. The molecule has 3 nitrogen and oxygen atoms in total. The van der Waals surface area contributed by atoms with E-state index in [-0.39, 0.29) is 0 Å². The second-order valence-electron chi connectivity index (χ2n) is 6.26. The molecule has 1 aromatic carbocycles. The van der Waals surface area contributed by atoms with Crippen LogP contribution in [0.15, 0.2) is 24.3 Å². The molecule has 1 fully saturated rings. The van der Waals surface area contributed by atoms with Crippen molar-refractivity contribution in [2.45, 2.75) is 32.2 Å². The number of nitrogens with one attached hydrogen (secondary N) is 1.